The summed E-state index contributed by atoms with van der Waals surface area (Å²) in [7, 11) is 0. The zero-order valence-electron chi connectivity index (χ0n) is 14.3. The number of nitrogens with two attached hydrogens (primary N) is 1. The second-order valence-electron chi connectivity index (χ2n) is 5.48. The summed E-state index contributed by atoms with van der Waals surface area (Å²) >= 11 is 0. The molecule has 0 aliphatic heterocycles. The Hall–Kier alpha value is -2.58. The Kier molecular flexibility index (Phi) is 6.79. The van der Waals surface area contributed by atoms with Gasteiger partial charge in [-0.15, -0.1) is 0 Å². The van der Waals surface area contributed by atoms with Crippen LogP contribution < -0.4 is 21.9 Å². The molecule has 0 unspecified atom stereocenters. The summed E-state index contributed by atoms with van der Waals surface area (Å²) in [6.45, 7) is 3.62. The Labute approximate surface area is 145 Å². The predicted molar refractivity (Wildman–Crippen MR) is 97.1 cm³/mol. The van der Waals surface area contributed by atoms with Crippen LogP contribution in [-0.4, -0.2) is 47.6 Å². The maximum atomic E-state index is 12.3. The van der Waals surface area contributed by atoms with Crippen LogP contribution in [0.2, 0.25) is 0 Å². The molecule has 0 spiro atoms. The van der Waals surface area contributed by atoms with E-state index in [1.165, 1.54) is 4.57 Å². The van der Waals surface area contributed by atoms with E-state index in [1.807, 2.05) is 37.3 Å². The van der Waals surface area contributed by atoms with Gasteiger partial charge in [0.05, 0.1) is 26.4 Å². The van der Waals surface area contributed by atoms with Crippen molar-refractivity contribution in [2.45, 2.75) is 13.5 Å². The summed E-state index contributed by atoms with van der Waals surface area (Å²) in [6, 6.07) is 9.41. The number of anilines is 2. The van der Waals surface area contributed by atoms with Crippen molar-refractivity contribution < 1.29 is 9.84 Å². The van der Waals surface area contributed by atoms with E-state index in [-0.39, 0.29) is 31.3 Å². The topological polar surface area (TPSA) is 114 Å². The molecule has 136 valence electrons. The number of hydrogen-bond acceptors (Lipinski definition) is 6. The van der Waals surface area contributed by atoms with E-state index in [2.05, 4.69) is 4.98 Å². The van der Waals surface area contributed by atoms with Crippen LogP contribution >= 0.6 is 0 Å². The molecule has 0 atom stereocenters. The quantitative estimate of drug-likeness (QED) is 0.550. The zero-order chi connectivity index (χ0) is 18.2. The molecule has 0 bridgehead atoms. The number of rotatable bonds is 9. The van der Waals surface area contributed by atoms with Gasteiger partial charge in [-0.3, -0.25) is 14.3 Å². The monoisotopic (exact) mass is 348 g/mol. The molecule has 1 heterocycles. The van der Waals surface area contributed by atoms with Gasteiger partial charge in [0.15, 0.2) is 0 Å². The third-order valence-electron chi connectivity index (χ3n) is 3.84. The number of nitrogen functional groups attached to an aromatic ring is 1. The molecule has 8 nitrogen and oxygen atoms in total. The maximum absolute atomic E-state index is 12.3. The highest BCUT2D eigenvalue weighted by atomic mass is 16.5. The van der Waals surface area contributed by atoms with Gasteiger partial charge in [0.1, 0.15) is 11.5 Å². The van der Waals surface area contributed by atoms with Gasteiger partial charge in [0.2, 0.25) is 0 Å². The number of aliphatic hydroxyl groups is 1. The van der Waals surface area contributed by atoms with Gasteiger partial charge < -0.3 is 20.5 Å². The van der Waals surface area contributed by atoms with Gasteiger partial charge in [-0.25, -0.2) is 4.79 Å². The standard InChI is InChI=1S/C17H24N4O4/c1-2-20(8-10-25-11-9-22)14-15(18)21(17(24)19-16(14)23)12-13-6-4-3-5-7-13/h3-7,22H,2,8-12,18H2,1H3,(H,19,23,24). The first-order chi connectivity index (χ1) is 12.1. The van der Waals surface area contributed by atoms with Crippen molar-refractivity contribution in [2.24, 2.45) is 0 Å². The van der Waals surface area contributed by atoms with Crippen molar-refractivity contribution in [1.82, 2.24) is 9.55 Å². The Morgan fingerprint density at radius 2 is 1.96 bits per heavy atom. The fraction of sp³-hybridized carbons (Fsp3) is 0.412. The first kappa shape index (κ1) is 18.8. The van der Waals surface area contributed by atoms with Crippen LogP contribution in [0, 0.1) is 0 Å². The summed E-state index contributed by atoms with van der Waals surface area (Å²) in [5.74, 6) is 0.126. The average Bonchev–Trinajstić information content (AvgIpc) is 2.61. The van der Waals surface area contributed by atoms with E-state index in [9.17, 15) is 9.59 Å². The summed E-state index contributed by atoms with van der Waals surface area (Å²) in [4.78, 5) is 28.6. The predicted octanol–water partition coefficient (Wildman–Crippen LogP) is 0.00230. The van der Waals surface area contributed by atoms with Crippen LogP contribution in [0.5, 0.6) is 0 Å². The number of H-pyrrole nitrogens is 1. The lowest BCUT2D eigenvalue weighted by molar-refractivity contribution is 0.0967. The molecule has 0 aliphatic carbocycles. The van der Waals surface area contributed by atoms with Crippen LogP contribution in [0.15, 0.2) is 39.9 Å². The van der Waals surface area contributed by atoms with Gasteiger partial charge >= 0.3 is 5.69 Å². The summed E-state index contributed by atoms with van der Waals surface area (Å²) in [5.41, 5.74) is 6.26. The largest absolute Gasteiger partial charge is 0.394 e. The zero-order valence-corrected chi connectivity index (χ0v) is 14.3. The van der Waals surface area contributed by atoms with E-state index in [0.717, 1.165) is 5.56 Å². The molecule has 0 aliphatic rings. The van der Waals surface area contributed by atoms with Gasteiger partial charge in [-0.2, -0.15) is 0 Å². The van der Waals surface area contributed by atoms with Crippen molar-refractivity contribution >= 4 is 11.5 Å². The summed E-state index contributed by atoms with van der Waals surface area (Å²) < 4.78 is 6.60. The van der Waals surface area contributed by atoms with E-state index < -0.39 is 11.2 Å². The molecule has 2 rings (SSSR count). The highest BCUT2D eigenvalue weighted by Gasteiger charge is 2.17. The lowest BCUT2D eigenvalue weighted by Crippen LogP contribution is -2.39. The van der Waals surface area contributed by atoms with Crippen molar-refractivity contribution in [3.8, 4) is 0 Å². The third-order valence-corrected chi connectivity index (χ3v) is 3.84. The second kappa shape index (κ2) is 9.05. The number of aromatic nitrogens is 2. The van der Waals surface area contributed by atoms with E-state index in [4.69, 9.17) is 15.6 Å². The van der Waals surface area contributed by atoms with E-state index >= 15 is 0 Å². The molecule has 0 fully saturated rings. The number of nitrogens with zero attached hydrogens (tertiary/aromatic N) is 2. The van der Waals surface area contributed by atoms with Crippen molar-refractivity contribution in [2.75, 3.05) is 43.5 Å². The SMILES string of the molecule is CCN(CCOCCO)c1c(N)n(Cc2ccccc2)c(=O)[nH]c1=O. The first-order valence-electron chi connectivity index (χ1n) is 8.18. The summed E-state index contributed by atoms with van der Waals surface area (Å²) in [5, 5.41) is 8.75. The third kappa shape index (κ3) is 4.71. The fourth-order valence-electron chi connectivity index (χ4n) is 2.58. The minimum Gasteiger partial charge on any atom is -0.394 e. The average molecular weight is 348 g/mol. The molecule has 1 aromatic heterocycles. The summed E-state index contributed by atoms with van der Waals surface area (Å²) in [6.07, 6.45) is 0. The maximum Gasteiger partial charge on any atom is 0.330 e. The Balaban J connectivity index is 2.32. The highest BCUT2D eigenvalue weighted by molar-refractivity contribution is 5.62. The van der Waals surface area contributed by atoms with Gasteiger partial charge in [-0.05, 0) is 12.5 Å². The number of nitrogens with one attached hydrogen (secondary N) is 1. The minimum atomic E-state index is -0.539. The van der Waals surface area contributed by atoms with Crippen LogP contribution in [0.4, 0.5) is 11.5 Å². The molecule has 4 N–H and O–H groups in total. The molecular weight excluding hydrogens is 324 g/mol. The normalized spacial score (nSPS) is 10.8. The van der Waals surface area contributed by atoms with Crippen LogP contribution in [0.3, 0.4) is 0 Å². The van der Waals surface area contributed by atoms with Crippen molar-refractivity contribution in [1.29, 1.82) is 0 Å². The number of likely N-dealkylation sites (N-methyl/N-ethyl adjacent to an activating group) is 1. The molecule has 0 amide bonds. The number of ether oxygens (including phenoxy) is 1. The number of benzene rings is 1. The first-order valence-corrected chi connectivity index (χ1v) is 8.18. The molecule has 1 aromatic carbocycles. The molecule has 2 aromatic rings. The second-order valence-corrected chi connectivity index (χ2v) is 5.48. The Morgan fingerprint density at radius 1 is 1.24 bits per heavy atom. The highest BCUT2D eigenvalue weighted by Crippen LogP contribution is 2.17. The number of hydrogen-bond donors (Lipinski definition) is 3. The molecule has 0 saturated carbocycles. The lowest BCUT2D eigenvalue weighted by Gasteiger charge is -2.24. The number of aromatic amines is 1. The lowest BCUT2D eigenvalue weighted by atomic mass is 10.2. The van der Waals surface area contributed by atoms with Crippen LogP contribution in [-0.2, 0) is 11.3 Å². The molecule has 8 heteroatoms. The fourth-order valence-corrected chi connectivity index (χ4v) is 2.58. The molecule has 25 heavy (non-hydrogen) atoms. The van der Waals surface area contributed by atoms with Crippen LogP contribution in [0.1, 0.15) is 12.5 Å². The van der Waals surface area contributed by atoms with Gasteiger partial charge in [0, 0.05) is 13.1 Å². The van der Waals surface area contributed by atoms with Crippen molar-refractivity contribution in [3.05, 3.63) is 56.7 Å². The molecule has 0 saturated heterocycles. The van der Waals surface area contributed by atoms with E-state index in [1.54, 1.807) is 4.90 Å². The smallest absolute Gasteiger partial charge is 0.330 e. The van der Waals surface area contributed by atoms with Gasteiger partial charge in [-0.1, -0.05) is 30.3 Å². The molecule has 0 radical (unpaired) electrons. The molecular formula is C17H24N4O4. The van der Waals surface area contributed by atoms with Crippen LogP contribution in [0.25, 0.3) is 0 Å². The van der Waals surface area contributed by atoms with E-state index in [0.29, 0.717) is 19.7 Å². The Bertz CT molecular complexity index is 785. The van der Waals surface area contributed by atoms with Gasteiger partial charge in [0.25, 0.3) is 5.56 Å². The van der Waals surface area contributed by atoms with Crippen molar-refractivity contribution in [3.63, 3.8) is 0 Å². The Morgan fingerprint density at radius 3 is 2.60 bits per heavy atom. The number of aliphatic hydroxyl groups excluding tert-OH is 1. The minimum absolute atomic E-state index is 0.0587.